The molecule has 0 amide bonds. The van der Waals surface area contributed by atoms with Gasteiger partial charge in [0.25, 0.3) is 0 Å². The summed E-state index contributed by atoms with van der Waals surface area (Å²) in [5.74, 6) is -1.63. The summed E-state index contributed by atoms with van der Waals surface area (Å²) in [5.41, 5.74) is 0. The van der Waals surface area contributed by atoms with Gasteiger partial charge in [0.15, 0.2) is 6.10 Å². The van der Waals surface area contributed by atoms with Crippen LogP contribution in [0.3, 0.4) is 0 Å². The molecule has 0 radical (unpaired) electrons. The molecule has 0 spiro atoms. The van der Waals surface area contributed by atoms with E-state index in [0.29, 0.717) is 19.3 Å². The van der Waals surface area contributed by atoms with Crippen molar-refractivity contribution in [3.8, 4) is 0 Å². The van der Waals surface area contributed by atoms with E-state index in [1.807, 2.05) is 12.2 Å². The average Bonchev–Trinajstić information content (AvgIpc) is 3.41. The Hall–Kier alpha value is -3.60. The second-order valence-electron chi connectivity index (χ2n) is 19.8. The van der Waals surface area contributed by atoms with Gasteiger partial charge in [-0.15, -0.1) is 0 Å². The van der Waals surface area contributed by atoms with Crippen LogP contribution in [0.4, 0.5) is 0 Å². The number of phosphoric acid groups is 1. The summed E-state index contributed by atoms with van der Waals surface area (Å²) >= 11 is 0. The molecule has 0 saturated carbocycles. The van der Waals surface area contributed by atoms with Crippen LogP contribution >= 0.6 is 7.82 Å². The Bertz CT molecular complexity index is 1640. The first kappa shape index (κ1) is 72.4. The fourth-order valence-electron chi connectivity index (χ4n) is 7.92. The zero-order valence-electron chi connectivity index (χ0n) is 48.2. The van der Waals surface area contributed by atoms with Crippen LogP contribution in [-0.4, -0.2) is 66.5 Å². The van der Waals surface area contributed by atoms with Gasteiger partial charge >= 0.3 is 25.7 Å². The molecule has 76 heavy (non-hydrogen) atoms. The first-order valence-corrected chi connectivity index (χ1v) is 31.6. The quantitative estimate of drug-likeness (QED) is 0.0197. The highest BCUT2D eigenvalue weighted by molar-refractivity contribution is 7.47. The summed E-state index contributed by atoms with van der Waals surface area (Å²) in [5, 5.41) is 9.82. The van der Waals surface area contributed by atoms with Crippen molar-refractivity contribution in [3.63, 3.8) is 0 Å². The summed E-state index contributed by atoms with van der Waals surface area (Å²) in [6.45, 7) is 4.39. The van der Waals surface area contributed by atoms with Crippen molar-refractivity contribution in [1.82, 2.24) is 0 Å². The Morgan fingerprint density at radius 1 is 0.395 bits per heavy atom. The normalized spacial score (nSPS) is 14.0. The standard InChI is InChI=1S/C64H109O11P/c1-4-7-10-13-16-19-22-25-28-29-30-31-34-37-40-43-46-49-52-55-64(68)75-61(57-71-62(66)53-50-47-44-41-38-35-32-26-23-20-17-14-11-8-5-2)59-73-76(69,70)72-58-60(56-65)74-63(67)54-51-48-45-42-39-36-33-27-24-21-18-15-12-9-6-3/h8,11,16-17,19-20,25-28,32-33,38,41,47,50,60-61,65H,4-7,9-10,12-15,18,21-24,29-31,34-37,39-40,42-46,48-49,51-59H2,1-3H3,(H,69,70)/b11-8-,19-16-,20-17-,28-25-,32-26-,33-27-,41-38-,50-47-. The third kappa shape index (κ3) is 55.2. The lowest BCUT2D eigenvalue weighted by Gasteiger charge is -2.21. The van der Waals surface area contributed by atoms with E-state index < -0.39 is 64.4 Å². The van der Waals surface area contributed by atoms with Crippen molar-refractivity contribution in [3.05, 3.63) is 97.2 Å². The number of hydrogen-bond acceptors (Lipinski definition) is 10. The van der Waals surface area contributed by atoms with Crippen molar-refractivity contribution < 1.29 is 52.2 Å². The molecule has 0 rings (SSSR count). The first-order valence-electron chi connectivity index (χ1n) is 30.1. The number of esters is 3. The summed E-state index contributed by atoms with van der Waals surface area (Å²) in [6, 6.07) is 0. The largest absolute Gasteiger partial charge is 0.472 e. The van der Waals surface area contributed by atoms with Crippen LogP contribution < -0.4 is 0 Å². The van der Waals surface area contributed by atoms with Crippen LogP contribution in [0.5, 0.6) is 0 Å². The Morgan fingerprint density at radius 2 is 0.724 bits per heavy atom. The van der Waals surface area contributed by atoms with E-state index in [1.165, 1.54) is 89.9 Å². The fraction of sp³-hybridized carbons (Fsp3) is 0.703. The predicted octanol–water partition coefficient (Wildman–Crippen LogP) is 18.0. The number of unbranched alkanes of at least 4 members (excludes halogenated alkanes) is 23. The maximum absolute atomic E-state index is 12.9. The topological polar surface area (TPSA) is 155 Å². The van der Waals surface area contributed by atoms with Crippen LogP contribution in [0, 0.1) is 0 Å². The highest BCUT2D eigenvalue weighted by atomic mass is 31.2. The lowest BCUT2D eigenvalue weighted by atomic mass is 10.1. The molecule has 436 valence electrons. The molecule has 0 aliphatic rings. The van der Waals surface area contributed by atoms with E-state index in [2.05, 4.69) is 99.8 Å². The number of aliphatic hydroxyl groups is 1. The molecule has 11 nitrogen and oxygen atoms in total. The number of aliphatic hydroxyl groups excluding tert-OH is 1. The van der Waals surface area contributed by atoms with E-state index in [-0.39, 0.29) is 19.3 Å². The van der Waals surface area contributed by atoms with E-state index in [9.17, 15) is 28.9 Å². The third-order valence-electron chi connectivity index (χ3n) is 12.5. The van der Waals surface area contributed by atoms with Gasteiger partial charge in [-0.1, -0.05) is 227 Å². The van der Waals surface area contributed by atoms with Crippen molar-refractivity contribution >= 4 is 25.7 Å². The van der Waals surface area contributed by atoms with Gasteiger partial charge in [0.1, 0.15) is 12.7 Å². The van der Waals surface area contributed by atoms with E-state index >= 15 is 0 Å². The molecule has 12 heteroatoms. The minimum atomic E-state index is -4.78. The van der Waals surface area contributed by atoms with Crippen molar-refractivity contribution in [2.45, 2.75) is 264 Å². The molecular formula is C64H109O11P. The van der Waals surface area contributed by atoms with Gasteiger partial charge in [0, 0.05) is 12.8 Å². The van der Waals surface area contributed by atoms with Gasteiger partial charge in [0.05, 0.1) is 26.2 Å². The van der Waals surface area contributed by atoms with Gasteiger partial charge in [0.2, 0.25) is 0 Å². The molecule has 2 N–H and O–H groups in total. The number of phosphoric ester groups is 1. The van der Waals surface area contributed by atoms with E-state index in [4.69, 9.17) is 23.3 Å². The number of ether oxygens (including phenoxy) is 3. The van der Waals surface area contributed by atoms with Crippen LogP contribution in [-0.2, 0) is 42.2 Å². The van der Waals surface area contributed by atoms with Crippen LogP contribution in [0.25, 0.3) is 0 Å². The first-order chi connectivity index (χ1) is 37.2. The smallest absolute Gasteiger partial charge is 0.461 e. The molecule has 0 fully saturated rings. The van der Waals surface area contributed by atoms with Crippen molar-refractivity contribution in [2.24, 2.45) is 0 Å². The van der Waals surface area contributed by atoms with E-state index in [1.54, 1.807) is 6.08 Å². The molecule has 0 aromatic carbocycles. The SMILES string of the molecule is CC/C=C\C/C=C\C/C=C\C/C=C\C/C=C\CC(=O)OCC(COP(=O)(O)OCC(CO)OC(=O)CCCCCCC/C=C\CCCCCCCC)OC(=O)CCCCCCCCCCC/C=C\C/C=C\CCCCC. The highest BCUT2D eigenvalue weighted by Gasteiger charge is 2.28. The van der Waals surface area contributed by atoms with Gasteiger partial charge in [-0.3, -0.25) is 23.4 Å². The molecule has 0 aliphatic heterocycles. The number of carbonyl (C=O) groups excluding carboxylic acids is 3. The lowest BCUT2D eigenvalue weighted by molar-refractivity contribution is -0.161. The monoisotopic (exact) mass is 1080 g/mol. The summed E-state index contributed by atoms with van der Waals surface area (Å²) in [4.78, 5) is 48.5. The molecule has 0 saturated heterocycles. The maximum atomic E-state index is 12.9. The zero-order valence-corrected chi connectivity index (χ0v) is 49.1. The number of rotatable bonds is 55. The minimum absolute atomic E-state index is 0.0100. The zero-order chi connectivity index (χ0) is 55.5. The Balaban J connectivity index is 4.81. The molecule has 3 unspecified atom stereocenters. The lowest BCUT2D eigenvalue weighted by Crippen LogP contribution is -2.30. The average molecular weight is 1090 g/mol. The fourth-order valence-corrected chi connectivity index (χ4v) is 8.71. The maximum Gasteiger partial charge on any atom is 0.472 e. The van der Waals surface area contributed by atoms with Crippen molar-refractivity contribution in [1.29, 1.82) is 0 Å². The second kappa shape index (κ2) is 57.6. The highest BCUT2D eigenvalue weighted by Crippen LogP contribution is 2.43. The van der Waals surface area contributed by atoms with Gasteiger partial charge < -0.3 is 24.2 Å². The van der Waals surface area contributed by atoms with Gasteiger partial charge in [-0.25, -0.2) is 4.57 Å². The summed E-state index contributed by atoms with van der Waals surface area (Å²) in [7, 11) is -4.78. The molecule has 0 heterocycles. The molecule has 3 atom stereocenters. The number of hydrogen-bond donors (Lipinski definition) is 2. The van der Waals surface area contributed by atoms with Gasteiger partial charge in [-0.2, -0.15) is 0 Å². The molecule has 0 aliphatic carbocycles. The summed E-state index contributed by atoms with van der Waals surface area (Å²) in [6.07, 6.45) is 68.2. The Morgan fingerprint density at radius 3 is 1.16 bits per heavy atom. The molecule has 0 bridgehead atoms. The number of allylic oxidation sites excluding steroid dienone is 15. The van der Waals surface area contributed by atoms with Crippen LogP contribution in [0.15, 0.2) is 97.2 Å². The Labute approximate surface area is 463 Å². The number of carbonyl (C=O) groups is 3. The van der Waals surface area contributed by atoms with Crippen LogP contribution in [0.2, 0.25) is 0 Å². The third-order valence-corrected chi connectivity index (χ3v) is 13.4. The van der Waals surface area contributed by atoms with Crippen LogP contribution in [0.1, 0.15) is 252 Å². The molecule has 0 aromatic heterocycles. The van der Waals surface area contributed by atoms with Gasteiger partial charge in [-0.05, 0) is 103 Å². The predicted molar refractivity (Wildman–Crippen MR) is 316 cm³/mol. The Kier molecular flexibility index (Phi) is 54.8. The molecule has 0 aromatic rings. The van der Waals surface area contributed by atoms with E-state index in [0.717, 1.165) is 103 Å². The van der Waals surface area contributed by atoms with Crippen molar-refractivity contribution in [2.75, 3.05) is 26.4 Å². The second-order valence-corrected chi connectivity index (χ2v) is 21.2. The summed E-state index contributed by atoms with van der Waals surface area (Å²) < 4.78 is 39.4. The molecular weight excluding hydrogens is 976 g/mol. The minimum Gasteiger partial charge on any atom is -0.461 e.